The summed E-state index contributed by atoms with van der Waals surface area (Å²) in [5.74, 6) is 1.29. The van der Waals surface area contributed by atoms with Crippen LogP contribution in [0, 0.1) is 0 Å². The van der Waals surface area contributed by atoms with Gasteiger partial charge in [-0.2, -0.15) is 0 Å². The average molecular weight is 258 g/mol. The number of hydrogen-bond donors (Lipinski definition) is 2. The Kier molecular flexibility index (Phi) is 3.09. The highest BCUT2D eigenvalue weighted by molar-refractivity contribution is 5.87. The van der Waals surface area contributed by atoms with E-state index in [0.29, 0.717) is 18.4 Å². The highest BCUT2D eigenvalue weighted by atomic mass is 16.2. The topological polar surface area (TPSA) is 84.7 Å². The lowest BCUT2D eigenvalue weighted by Gasteiger charge is -2.07. The summed E-state index contributed by atoms with van der Waals surface area (Å²) in [6, 6.07) is 5.54. The number of pyridine rings is 1. The molecule has 0 aliphatic heterocycles. The van der Waals surface area contributed by atoms with Crippen molar-refractivity contribution in [3.63, 3.8) is 0 Å². The molecule has 0 radical (unpaired) electrons. The van der Waals surface area contributed by atoms with Crippen molar-refractivity contribution in [2.24, 2.45) is 0 Å². The molecule has 1 fully saturated rings. The molecule has 2 amide bonds. The lowest BCUT2D eigenvalue weighted by Crippen LogP contribution is -2.29. The van der Waals surface area contributed by atoms with Crippen molar-refractivity contribution in [3.05, 3.63) is 36.5 Å². The lowest BCUT2D eigenvalue weighted by molar-refractivity contribution is 0.251. The van der Waals surface area contributed by atoms with Gasteiger partial charge in [0.1, 0.15) is 12.1 Å². The fraction of sp³-hybridized carbons (Fsp3) is 0.333. The molecular weight excluding hydrogens is 244 g/mol. The van der Waals surface area contributed by atoms with Gasteiger partial charge in [-0.25, -0.2) is 9.78 Å². The Hall–Kier alpha value is -2.44. The van der Waals surface area contributed by atoms with Crippen LogP contribution in [0.3, 0.4) is 0 Å². The molecule has 98 valence electrons. The zero-order valence-corrected chi connectivity index (χ0v) is 10.3. The van der Waals surface area contributed by atoms with Crippen molar-refractivity contribution in [2.75, 3.05) is 5.32 Å². The molecule has 0 unspecified atom stereocenters. The van der Waals surface area contributed by atoms with E-state index in [1.165, 1.54) is 0 Å². The van der Waals surface area contributed by atoms with Crippen molar-refractivity contribution < 1.29 is 4.79 Å². The third-order valence-corrected chi connectivity index (χ3v) is 2.90. The van der Waals surface area contributed by atoms with Crippen LogP contribution in [0.1, 0.15) is 24.7 Å². The summed E-state index contributed by atoms with van der Waals surface area (Å²) in [7, 11) is 0. The highest BCUT2D eigenvalue weighted by Gasteiger charge is 2.25. The van der Waals surface area contributed by atoms with E-state index < -0.39 is 0 Å². The molecule has 2 heterocycles. The van der Waals surface area contributed by atoms with Crippen LogP contribution in [-0.4, -0.2) is 25.8 Å². The third-order valence-electron chi connectivity index (χ3n) is 2.90. The maximum atomic E-state index is 11.7. The van der Waals surface area contributed by atoms with Gasteiger partial charge in [-0.1, -0.05) is 6.07 Å². The number of anilines is 1. The molecule has 1 aliphatic rings. The number of nitrogens with one attached hydrogen (secondary N) is 2. The first kappa shape index (κ1) is 11.6. The second-order valence-electron chi connectivity index (χ2n) is 4.41. The van der Waals surface area contributed by atoms with Crippen molar-refractivity contribution in [1.29, 1.82) is 0 Å². The highest BCUT2D eigenvalue weighted by Crippen LogP contribution is 2.35. The van der Waals surface area contributed by atoms with Crippen LogP contribution in [0.5, 0.6) is 0 Å². The second-order valence-corrected chi connectivity index (χ2v) is 4.41. The van der Waals surface area contributed by atoms with Gasteiger partial charge in [-0.3, -0.25) is 5.32 Å². The molecule has 1 saturated carbocycles. The Morgan fingerprint density at radius 1 is 1.42 bits per heavy atom. The minimum absolute atomic E-state index is 0.302. The number of nitrogens with zero attached hydrogens (tertiary/aromatic N) is 4. The van der Waals surface area contributed by atoms with Gasteiger partial charge < -0.3 is 9.88 Å². The maximum absolute atomic E-state index is 11.7. The summed E-state index contributed by atoms with van der Waals surface area (Å²) >= 11 is 0. The van der Waals surface area contributed by atoms with E-state index in [1.54, 1.807) is 24.7 Å². The smallest absolute Gasteiger partial charge is 0.320 e. The van der Waals surface area contributed by atoms with Crippen LogP contribution in [-0.2, 0) is 6.54 Å². The normalized spacial score (nSPS) is 14.1. The molecule has 0 saturated heterocycles. The van der Waals surface area contributed by atoms with E-state index in [4.69, 9.17) is 0 Å². The summed E-state index contributed by atoms with van der Waals surface area (Å²) in [6.45, 7) is 0.356. The number of hydrogen-bond acceptors (Lipinski definition) is 4. The number of rotatable bonds is 4. The lowest BCUT2D eigenvalue weighted by atomic mass is 10.5. The van der Waals surface area contributed by atoms with E-state index in [2.05, 4.69) is 25.8 Å². The first-order valence-corrected chi connectivity index (χ1v) is 6.17. The minimum atomic E-state index is -0.302. The monoisotopic (exact) mass is 258 g/mol. The van der Waals surface area contributed by atoms with Crippen molar-refractivity contribution in [1.82, 2.24) is 25.1 Å². The molecule has 1 aliphatic carbocycles. The summed E-state index contributed by atoms with van der Waals surface area (Å²) < 4.78 is 2.01. The van der Waals surface area contributed by atoms with E-state index in [9.17, 15) is 4.79 Å². The van der Waals surface area contributed by atoms with E-state index in [0.717, 1.165) is 18.7 Å². The van der Waals surface area contributed by atoms with Crippen LogP contribution in [0.4, 0.5) is 10.6 Å². The van der Waals surface area contributed by atoms with Crippen LogP contribution < -0.4 is 10.6 Å². The van der Waals surface area contributed by atoms with Crippen molar-refractivity contribution in [3.8, 4) is 0 Å². The van der Waals surface area contributed by atoms with Crippen molar-refractivity contribution >= 4 is 11.8 Å². The molecule has 19 heavy (non-hydrogen) atoms. The summed E-state index contributed by atoms with van der Waals surface area (Å²) in [4.78, 5) is 15.7. The Labute approximate surface area is 110 Å². The van der Waals surface area contributed by atoms with Crippen LogP contribution in [0.15, 0.2) is 30.7 Å². The Morgan fingerprint density at radius 2 is 2.32 bits per heavy atom. The number of carbonyl (C=O) groups is 1. The average Bonchev–Trinajstić information content (AvgIpc) is 3.16. The SMILES string of the molecule is O=C(NCc1nncn1C1CC1)Nc1ccccn1. The minimum Gasteiger partial charge on any atom is -0.331 e. The zero-order valence-electron chi connectivity index (χ0n) is 10.3. The Balaban J connectivity index is 1.54. The quantitative estimate of drug-likeness (QED) is 0.866. The Morgan fingerprint density at radius 3 is 3.05 bits per heavy atom. The van der Waals surface area contributed by atoms with Crippen LogP contribution in [0.25, 0.3) is 0 Å². The molecule has 2 N–H and O–H groups in total. The van der Waals surface area contributed by atoms with Gasteiger partial charge in [0.05, 0.1) is 6.54 Å². The first-order chi connectivity index (χ1) is 9.33. The Bertz CT molecular complexity index is 563. The van der Waals surface area contributed by atoms with Gasteiger partial charge in [-0.05, 0) is 25.0 Å². The molecule has 0 aromatic carbocycles. The molecule has 2 aromatic rings. The zero-order chi connectivity index (χ0) is 13.1. The first-order valence-electron chi connectivity index (χ1n) is 6.17. The molecule has 0 atom stereocenters. The molecule has 3 rings (SSSR count). The summed E-state index contributed by atoms with van der Waals surface area (Å²) in [5.41, 5.74) is 0. The van der Waals surface area contributed by atoms with Gasteiger partial charge in [0.25, 0.3) is 0 Å². The fourth-order valence-corrected chi connectivity index (χ4v) is 1.81. The molecule has 7 heteroatoms. The standard InChI is InChI=1S/C12H14N6O/c19-12(16-10-3-1-2-6-13-10)14-7-11-17-15-8-18(11)9-4-5-9/h1-3,6,8-9H,4-5,7H2,(H2,13,14,16,19). The van der Waals surface area contributed by atoms with E-state index in [1.807, 2.05) is 10.6 Å². The van der Waals surface area contributed by atoms with Gasteiger partial charge >= 0.3 is 6.03 Å². The molecule has 0 bridgehead atoms. The fourth-order valence-electron chi connectivity index (χ4n) is 1.81. The predicted octanol–water partition coefficient (Wildman–Crippen LogP) is 1.33. The van der Waals surface area contributed by atoms with Gasteiger partial charge in [0.15, 0.2) is 5.82 Å². The second kappa shape index (κ2) is 5.05. The predicted molar refractivity (Wildman–Crippen MR) is 68.4 cm³/mol. The number of carbonyl (C=O) groups excluding carboxylic acids is 1. The molecular formula is C12H14N6O. The van der Waals surface area contributed by atoms with E-state index >= 15 is 0 Å². The van der Waals surface area contributed by atoms with Crippen molar-refractivity contribution in [2.45, 2.75) is 25.4 Å². The number of amides is 2. The summed E-state index contributed by atoms with van der Waals surface area (Å²) in [6.07, 6.45) is 5.65. The third kappa shape index (κ3) is 2.87. The van der Waals surface area contributed by atoms with Gasteiger partial charge in [0, 0.05) is 12.2 Å². The number of urea groups is 1. The number of aromatic nitrogens is 4. The van der Waals surface area contributed by atoms with Gasteiger partial charge in [0.2, 0.25) is 0 Å². The van der Waals surface area contributed by atoms with Crippen LogP contribution >= 0.6 is 0 Å². The molecule has 0 spiro atoms. The van der Waals surface area contributed by atoms with E-state index in [-0.39, 0.29) is 6.03 Å². The largest absolute Gasteiger partial charge is 0.331 e. The summed E-state index contributed by atoms with van der Waals surface area (Å²) in [5, 5.41) is 13.3. The molecule has 7 nitrogen and oxygen atoms in total. The molecule has 2 aromatic heterocycles. The van der Waals surface area contributed by atoms with Gasteiger partial charge in [-0.15, -0.1) is 10.2 Å². The van der Waals surface area contributed by atoms with Crippen LogP contribution in [0.2, 0.25) is 0 Å². The maximum Gasteiger partial charge on any atom is 0.320 e.